The minimum absolute atomic E-state index is 0.00728. The van der Waals surface area contributed by atoms with Crippen molar-refractivity contribution in [3.8, 4) is 23.1 Å². The van der Waals surface area contributed by atoms with Crippen LogP contribution in [0.15, 0.2) is 54.7 Å². The highest BCUT2D eigenvalue weighted by atomic mass is 19.1. The van der Waals surface area contributed by atoms with Crippen molar-refractivity contribution >= 4 is 16.9 Å². The SMILES string of the molecule is Cc1ccc(-n2c(-c3ccc(C#N)c(F)c3)nc3c(N4CCCC(N)C4)ccnc32)cc1. The fourth-order valence-electron chi connectivity index (χ4n) is 4.32. The first-order valence-corrected chi connectivity index (χ1v) is 10.7. The average molecular weight is 426 g/mol. The topological polar surface area (TPSA) is 83.8 Å². The van der Waals surface area contributed by atoms with E-state index in [1.165, 1.54) is 12.1 Å². The number of hydrogen-bond acceptors (Lipinski definition) is 5. The summed E-state index contributed by atoms with van der Waals surface area (Å²) in [6.45, 7) is 3.70. The van der Waals surface area contributed by atoms with Gasteiger partial charge in [-0.3, -0.25) is 4.57 Å². The minimum Gasteiger partial charge on any atom is -0.368 e. The molecule has 2 N–H and O–H groups in total. The number of fused-ring (bicyclic) bond motifs is 1. The molecule has 1 aliphatic heterocycles. The number of piperidine rings is 1. The van der Waals surface area contributed by atoms with E-state index in [9.17, 15) is 4.39 Å². The lowest BCUT2D eigenvalue weighted by Gasteiger charge is -2.32. The van der Waals surface area contributed by atoms with Gasteiger partial charge < -0.3 is 10.6 Å². The standard InChI is InChI=1S/C25H23FN6/c1-16-4-8-20(9-5-16)32-24(17-6-7-18(14-27)21(26)13-17)30-23-22(10-11-29-25(23)32)31-12-2-3-19(28)15-31/h4-11,13,19H,2-3,12,15,28H2,1H3. The molecule has 0 spiro atoms. The lowest BCUT2D eigenvalue weighted by Crippen LogP contribution is -2.42. The summed E-state index contributed by atoms with van der Waals surface area (Å²) in [4.78, 5) is 11.9. The van der Waals surface area contributed by atoms with Crippen molar-refractivity contribution in [1.82, 2.24) is 14.5 Å². The van der Waals surface area contributed by atoms with Crippen LogP contribution in [-0.4, -0.2) is 33.7 Å². The number of aromatic nitrogens is 3. The van der Waals surface area contributed by atoms with E-state index >= 15 is 0 Å². The molecule has 0 aliphatic carbocycles. The number of pyridine rings is 1. The summed E-state index contributed by atoms with van der Waals surface area (Å²) in [7, 11) is 0. The Morgan fingerprint density at radius 3 is 2.69 bits per heavy atom. The zero-order valence-corrected chi connectivity index (χ0v) is 17.8. The van der Waals surface area contributed by atoms with Crippen LogP contribution in [0, 0.1) is 24.1 Å². The van der Waals surface area contributed by atoms with Gasteiger partial charge in [-0.1, -0.05) is 17.7 Å². The van der Waals surface area contributed by atoms with Gasteiger partial charge in [-0.05, 0) is 56.2 Å². The predicted molar refractivity (Wildman–Crippen MR) is 123 cm³/mol. The number of aryl methyl sites for hydroxylation is 1. The Labute approximate surface area is 185 Å². The van der Waals surface area contributed by atoms with E-state index in [0.29, 0.717) is 17.0 Å². The van der Waals surface area contributed by atoms with Crippen LogP contribution >= 0.6 is 0 Å². The zero-order valence-electron chi connectivity index (χ0n) is 17.8. The number of halogens is 1. The molecule has 1 aliphatic rings. The number of anilines is 1. The third-order valence-electron chi connectivity index (χ3n) is 5.96. The first-order valence-electron chi connectivity index (χ1n) is 10.7. The van der Waals surface area contributed by atoms with Crippen LogP contribution in [0.5, 0.6) is 0 Å². The molecular weight excluding hydrogens is 403 g/mol. The molecule has 3 heterocycles. The number of nitriles is 1. The molecule has 1 atom stereocenters. The van der Waals surface area contributed by atoms with Crippen LogP contribution in [0.25, 0.3) is 28.2 Å². The molecule has 1 saturated heterocycles. The number of nitrogens with two attached hydrogens (primary N) is 1. The first-order chi connectivity index (χ1) is 15.5. The number of hydrogen-bond donors (Lipinski definition) is 1. The Hall–Kier alpha value is -3.76. The van der Waals surface area contributed by atoms with Gasteiger partial charge in [0.2, 0.25) is 0 Å². The Kier molecular flexibility index (Phi) is 5.08. The first kappa shape index (κ1) is 20.2. The molecule has 0 saturated carbocycles. The van der Waals surface area contributed by atoms with E-state index in [1.807, 2.05) is 47.9 Å². The van der Waals surface area contributed by atoms with Gasteiger partial charge in [0.15, 0.2) is 5.65 Å². The second kappa shape index (κ2) is 8.06. The smallest absolute Gasteiger partial charge is 0.167 e. The fourth-order valence-corrected chi connectivity index (χ4v) is 4.32. The quantitative estimate of drug-likeness (QED) is 0.527. The summed E-state index contributed by atoms with van der Waals surface area (Å²) < 4.78 is 16.4. The van der Waals surface area contributed by atoms with Crippen LogP contribution < -0.4 is 10.6 Å². The molecule has 7 heteroatoms. The van der Waals surface area contributed by atoms with Gasteiger partial charge in [0.25, 0.3) is 0 Å². The van der Waals surface area contributed by atoms with Gasteiger partial charge in [-0.15, -0.1) is 0 Å². The minimum atomic E-state index is -0.567. The largest absolute Gasteiger partial charge is 0.368 e. The zero-order chi connectivity index (χ0) is 22.2. The molecule has 5 rings (SSSR count). The van der Waals surface area contributed by atoms with Crippen molar-refractivity contribution in [2.45, 2.75) is 25.8 Å². The van der Waals surface area contributed by atoms with E-state index < -0.39 is 5.82 Å². The normalized spacial score (nSPS) is 16.3. The van der Waals surface area contributed by atoms with Gasteiger partial charge in [0.05, 0.1) is 11.3 Å². The molecule has 1 unspecified atom stereocenters. The third-order valence-corrected chi connectivity index (χ3v) is 5.96. The van der Waals surface area contributed by atoms with Gasteiger partial charge in [0.1, 0.15) is 23.2 Å². The summed E-state index contributed by atoms with van der Waals surface area (Å²) in [5.74, 6) is 0.0104. The molecule has 0 radical (unpaired) electrons. The predicted octanol–water partition coefficient (Wildman–Crippen LogP) is 4.33. The van der Waals surface area contributed by atoms with Crippen LogP contribution in [0.1, 0.15) is 24.0 Å². The Balaban J connectivity index is 1.75. The van der Waals surface area contributed by atoms with Gasteiger partial charge >= 0.3 is 0 Å². The lowest BCUT2D eigenvalue weighted by atomic mass is 10.1. The molecule has 2 aromatic carbocycles. The lowest BCUT2D eigenvalue weighted by molar-refractivity contribution is 0.507. The van der Waals surface area contributed by atoms with Crippen molar-refractivity contribution in [2.75, 3.05) is 18.0 Å². The molecule has 32 heavy (non-hydrogen) atoms. The maximum Gasteiger partial charge on any atom is 0.167 e. The molecule has 6 nitrogen and oxygen atoms in total. The molecule has 1 fully saturated rings. The molecule has 4 aromatic rings. The molecule has 2 aromatic heterocycles. The maximum atomic E-state index is 14.5. The van der Waals surface area contributed by atoms with Crippen molar-refractivity contribution in [1.29, 1.82) is 5.26 Å². The van der Waals surface area contributed by atoms with E-state index in [0.717, 1.165) is 48.4 Å². The van der Waals surface area contributed by atoms with Crippen LogP contribution in [0.3, 0.4) is 0 Å². The highest BCUT2D eigenvalue weighted by Crippen LogP contribution is 2.34. The Morgan fingerprint density at radius 2 is 1.97 bits per heavy atom. The van der Waals surface area contributed by atoms with Crippen LogP contribution in [0.4, 0.5) is 10.1 Å². The summed E-state index contributed by atoms with van der Waals surface area (Å²) in [5.41, 5.74) is 11.3. The van der Waals surface area contributed by atoms with Crippen molar-refractivity contribution < 1.29 is 4.39 Å². The van der Waals surface area contributed by atoms with E-state index in [4.69, 9.17) is 16.0 Å². The summed E-state index contributed by atoms with van der Waals surface area (Å²) in [5, 5.41) is 9.12. The van der Waals surface area contributed by atoms with Crippen molar-refractivity contribution in [2.24, 2.45) is 5.73 Å². The average Bonchev–Trinajstić information content (AvgIpc) is 3.19. The molecule has 0 amide bonds. The molecule has 160 valence electrons. The van der Waals surface area contributed by atoms with Gasteiger partial charge in [0, 0.05) is 36.6 Å². The van der Waals surface area contributed by atoms with Crippen molar-refractivity contribution in [3.05, 3.63) is 71.7 Å². The second-order valence-electron chi connectivity index (χ2n) is 8.26. The highest BCUT2D eigenvalue weighted by molar-refractivity contribution is 5.90. The second-order valence-corrected chi connectivity index (χ2v) is 8.26. The van der Waals surface area contributed by atoms with Gasteiger partial charge in [-0.25, -0.2) is 14.4 Å². The maximum absolute atomic E-state index is 14.5. The number of nitrogens with zero attached hydrogens (tertiary/aromatic N) is 5. The van der Waals surface area contributed by atoms with E-state index in [1.54, 1.807) is 12.3 Å². The summed E-state index contributed by atoms with van der Waals surface area (Å²) in [6.07, 6.45) is 3.82. The Bertz CT molecular complexity index is 1340. The summed E-state index contributed by atoms with van der Waals surface area (Å²) in [6, 6.07) is 16.6. The van der Waals surface area contributed by atoms with Crippen LogP contribution in [0.2, 0.25) is 0 Å². The number of benzene rings is 2. The number of imidazole rings is 1. The molecular formula is C25H23FN6. The van der Waals surface area contributed by atoms with Crippen molar-refractivity contribution in [3.63, 3.8) is 0 Å². The fraction of sp³-hybridized carbons (Fsp3) is 0.240. The van der Waals surface area contributed by atoms with E-state index in [2.05, 4.69) is 9.88 Å². The van der Waals surface area contributed by atoms with Crippen LogP contribution in [-0.2, 0) is 0 Å². The van der Waals surface area contributed by atoms with E-state index in [-0.39, 0.29) is 11.6 Å². The molecule has 0 bridgehead atoms. The summed E-state index contributed by atoms with van der Waals surface area (Å²) >= 11 is 0. The highest BCUT2D eigenvalue weighted by Gasteiger charge is 2.23. The van der Waals surface area contributed by atoms with Gasteiger partial charge in [-0.2, -0.15) is 5.26 Å². The monoisotopic (exact) mass is 426 g/mol. The third kappa shape index (κ3) is 3.49. The Morgan fingerprint density at radius 1 is 1.16 bits per heavy atom. The number of rotatable bonds is 3.